The van der Waals surface area contributed by atoms with E-state index in [1.54, 1.807) is 11.8 Å². The van der Waals surface area contributed by atoms with Crippen LogP contribution in [0.3, 0.4) is 0 Å². The van der Waals surface area contributed by atoms with Crippen molar-refractivity contribution in [3.05, 3.63) is 96.6 Å². The molecule has 2 aromatic heterocycles. The van der Waals surface area contributed by atoms with Crippen molar-refractivity contribution in [2.24, 2.45) is 0 Å². The summed E-state index contributed by atoms with van der Waals surface area (Å²) in [7, 11) is -7.90. The number of benzene rings is 2. The third-order valence-electron chi connectivity index (χ3n) is 10.7. The minimum Gasteiger partial charge on any atom is -0.463 e. The highest BCUT2D eigenvalue weighted by Gasteiger charge is 2.23. The second kappa shape index (κ2) is 39.2. The maximum Gasteiger partial charge on any atom is 0.310 e. The summed E-state index contributed by atoms with van der Waals surface area (Å²) in [6.45, 7) is 10.9. The van der Waals surface area contributed by atoms with Crippen LogP contribution in [0.25, 0.3) is 11.1 Å². The Labute approximate surface area is 467 Å². The maximum absolute atomic E-state index is 12.6. The standard InChI is InChI=1S/C51H69N3O14S.2ClHO4/c1-52-46-4-2-43-39-49(46)69-48-5-3-42(38-47(48)52)40-50(55)67-36-34-65-32-30-63-28-26-61-24-22-59-20-18-57-16-14-53-10-6-44(7-11-53)45-8-12-54(13-9-45)15-17-58-19-21-60-23-25-62-27-29-64-31-33-66-35-37-68-51(56)41-43;2*2-1(3,4)5/h2-13,38-39H,14-37,40-41H2,1H3;2*(H,2,3,4,5)/q+2;;/p-2. The van der Waals surface area contributed by atoms with Crippen molar-refractivity contribution in [1.29, 1.82) is 0 Å². The second-order valence-corrected chi connectivity index (χ2v) is 19.2. The first kappa shape index (κ1) is 67.2. The summed E-state index contributed by atoms with van der Waals surface area (Å²) in [5.74, 6) is -0.642. The summed E-state index contributed by atoms with van der Waals surface area (Å²) in [6.07, 6.45) is 8.56. The lowest BCUT2D eigenvalue weighted by Gasteiger charge is -2.30. The van der Waals surface area contributed by atoms with Gasteiger partial charge in [-0.05, 0) is 46.5 Å². The van der Waals surface area contributed by atoms with Crippen LogP contribution in [0.1, 0.15) is 11.1 Å². The van der Waals surface area contributed by atoms with Crippen LogP contribution in [0.2, 0.25) is 0 Å². The van der Waals surface area contributed by atoms with Gasteiger partial charge in [0.25, 0.3) is 0 Å². The molecule has 0 unspecified atom stereocenters. The predicted octanol–water partition coefficient (Wildman–Crippen LogP) is -5.30. The van der Waals surface area contributed by atoms with Gasteiger partial charge in [-0.25, -0.2) is 46.4 Å². The van der Waals surface area contributed by atoms with Gasteiger partial charge in [0.15, 0.2) is 37.9 Å². The maximum atomic E-state index is 12.6. The quantitative estimate of drug-likeness (QED) is 0.117. The summed E-state index contributed by atoms with van der Waals surface area (Å²) < 4.78 is 139. The first-order valence-electron chi connectivity index (χ1n) is 25.0. The van der Waals surface area contributed by atoms with E-state index in [2.05, 4.69) is 63.1 Å². The van der Waals surface area contributed by atoms with E-state index < -0.39 is 20.5 Å². The Bertz CT molecular complexity index is 2280. The Kier molecular flexibility index (Phi) is 33.3. The molecule has 0 aliphatic carbocycles. The molecule has 0 atom stereocenters. The summed E-state index contributed by atoms with van der Waals surface area (Å²) in [5.41, 5.74) is 6.01. The lowest BCUT2D eigenvalue weighted by molar-refractivity contribution is -2.00. The van der Waals surface area contributed by atoms with Crippen LogP contribution in [0.5, 0.6) is 0 Å². The first-order chi connectivity index (χ1) is 38.0. The van der Waals surface area contributed by atoms with Crippen molar-refractivity contribution in [1.82, 2.24) is 0 Å². The molecule has 0 saturated heterocycles. The molecule has 440 valence electrons. The van der Waals surface area contributed by atoms with E-state index in [9.17, 15) is 9.59 Å². The summed E-state index contributed by atoms with van der Waals surface area (Å²) in [4.78, 5) is 29.4. The van der Waals surface area contributed by atoms with Gasteiger partial charge in [0.1, 0.15) is 26.4 Å². The second-order valence-electron chi connectivity index (χ2n) is 16.6. The number of aromatic nitrogens is 2. The fourth-order valence-corrected chi connectivity index (χ4v) is 8.26. The number of esters is 2. The van der Waals surface area contributed by atoms with Gasteiger partial charge in [-0.2, -0.15) is 0 Å². The number of halogens is 2. The fraction of sp³-hybridized carbons (Fsp3) is 0.529. The average molecular weight is 1180 g/mol. The number of pyridine rings is 2. The monoisotopic (exact) mass is 1180 g/mol. The minimum atomic E-state index is -4.94. The van der Waals surface area contributed by atoms with Crippen LogP contribution in [0.4, 0.5) is 11.4 Å². The number of carbonyl (C=O) groups excluding carboxylic acids is 2. The number of anilines is 2. The number of rotatable bonds is 0. The van der Waals surface area contributed by atoms with Crippen molar-refractivity contribution in [2.75, 3.05) is 157 Å². The van der Waals surface area contributed by atoms with E-state index in [4.69, 9.17) is 94.1 Å². The zero-order valence-electron chi connectivity index (χ0n) is 44.0. The highest BCUT2D eigenvalue weighted by Crippen LogP contribution is 2.48. The van der Waals surface area contributed by atoms with Crippen molar-refractivity contribution in [3.8, 4) is 11.1 Å². The molecule has 28 heteroatoms. The summed E-state index contributed by atoms with van der Waals surface area (Å²) in [5, 5.41) is 0. The lowest BCUT2D eigenvalue weighted by Crippen LogP contribution is -2.68. The largest absolute Gasteiger partial charge is 0.463 e. The molecule has 0 radical (unpaired) electrons. The van der Waals surface area contributed by atoms with E-state index in [0.717, 1.165) is 56.5 Å². The molecule has 0 spiro atoms. The molecule has 0 saturated carbocycles. The zero-order valence-corrected chi connectivity index (χ0v) is 46.3. The topological polar surface area (TPSA) is 340 Å². The highest BCUT2D eigenvalue weighted by molar-refractivity contribution is 7.99. The van der Waals surface area contributed by atoms with E-state index in [0.29, 0.717) is 119 Å². The van der Waals surface area contributed by atoms with Gasteiger partial charge < -0.3 is 61.7 Å². The predicted molar refractivity (Wildman–Crippen MR) is 255 cm³/mol. The Balaban J connectivity index is 0.00000123. The molecule has 0 N–H and O–H groups in total. The van der Waals surface area contributed by atoms with Crippen molar-refractivity contribution in [3.63, 3.8) is 0 Å². The van der Waals surface area contributed by atoms with E-state index in [1.807, 2.05) is 43.4 Å². The number of hydrogen-bond donors (Lipinski definition) is 0. The first-order valence-corrected chi connectivity index (χ1v) is 28.3. The van der Waals surface area contributed by atoms with E-state index in [1.165, 1.54) is 0 Å². The third kappa shape index (κ3) is 32.7. The molecule has 11 heterocycles. The van der Waals surface area contributed by atoms with Gasteiger partial charge >= 0.3 is 11.9 Å². The molecule has 10 bridgehead atoms. The summed E-state index contributed by atoms with van der Waals surface area (Å²) in [6, 6.07) is 20.4. The molecule has 0 fully saturated rings. The fourth-order valence-electron chi connectivity index (χ4n) is 7.06. The highest BCUT2D eigenvalue weighted by atomic mass is 35.7. The molecule has 4 aromatic rings. The molecule has 2 aromatic carbocycles. The van der Waals surface area contributed by atoms with Crippen LogP contribution in [0, 0.1) is 20.5 Å². The minimum absolute atomic E-state index is 0.147. The Morgan fingerprint density at radius 3 is 1.05 bits per heavy atom. The van der Waals surface area contributed by atoms with Crippen LogP contribution in [-0.2, 0) is 92.4 Å². The van der Waals surface area contributed by atoms with Crippen molar-refractivity contribution in [2.45, 2.75) is 35.7 Å². The van der Waals surface area contributed by atoms with E-state index in [-0.39, 0.29) is 51.2 Å². The van der Waals surface area contributed by atoms with Crippen LogP contribution in [0.15, 0.2) is 95.2 Å². The Morgan fingerprint density at radius 1 is 0.392 bits per heavy atom. The number of hydrogen-bond acceptors (Lipinski definition) is 24. The molecule has 25 nitrogen and oxygen atoms in total. The lowest BCUT2D eigenvalue weighted by atomic mass is 10.1. The van der Waals surface area contributed by atoms with Gasteiger partial charge in [-0.15, -0.1) is 20.5 Å². The van der Waals surface area contributed by atoms with Gasteiger partial charge in [0, 0.05) is 41.1 Å². The van der Waals surface area contributed by atoms with E-state index >= 15 is 0 Å². The molecule has 79 heavy (non-hydrogen) atoms. The van der Waals surface area contributed by atoms with Gasteiger partial charge in [-0.3, -0.25) is 9.59 Å². The SMILES string of the molecule is CN1c2ccc3cc2Sc2ccc(cc21)CC(=O)OCCOCCOCCOCCOCCOCC[n+]1ccc(cc1)-c1cc[n+](cc1)CCOCCOCCOCCOCCOCCOC(=O)C3.[O-][Cl+3]([O-])([O-])[O-].[O-][Cl+3]([O-])([O-])[O-]. The van der Waals surface area contributed by atoms with Gasteiger partial charge in [-0.1, -0.05) is 23.9 Å². The molecule has 9 aliphatic heterocycles. The summed E-state index contributed by atoms with van der Waals surface area (Å²) >= 11 is 1.63. The smallest absolute Gasteiger partial charge is 0.310 e. The molecule has 13 rings (SSSR count). The van der Waals surface area contributed by atoms with Crippen molar-refractivity contribution < 1.29 is 133 Å². The third-order valence-corrected chi connectivity index (χ3v) is 11.9. The number of carbonyl (C=O) groups is 2. The number of ether oxygens (including phenoxy) is 12. The molecular formula is C51H69Cl2N3O22S. The van der Waals surface area contributed by atoms with Gasteiger partial charge in [0.2, 0.25) is 0 Å². The van der Waals surface area contributed by atoms with Crippen LogP contribution < -0.4 is 51.3 Å². The molecule has 9 aliphatic rings. The zero-order chi connectivity index (χ0) is 57.0. The Hall–Kier alpha value is -4.31. The average Bonchev–Trinajstić information content (AvgIpc) is 3.42. The molecule has 0 amide bonds. The number of nitrogens with zero attached hydrogens (tertiary/aromatic N) is 3. The Morgan fingerprint density at radius 2 is 0.696 bits per heavy atom. The van der Waals surface area contributed by atoms with Gasteiger partial charge in [0.05, 0.1) is 143 Å². The van der Waals surface area contributed by atoms with Crippen LogP contribution in [-0.4, -0.2) is 164 Å². The van der Waals surface area contributed by atoms with Crippen LogP contribution >= 0.6 is 11.8 Å². The normalized spacial score (nSPS) is 18.3. The molecular weight excluding hydrogens is 1110 g/mol. The van der Waals surface area contributed by atoms with Crippen molar-refractivity contribution >= 4 is 35.1 Å².